The molecule has 0 aliphatic carbocycles. The Labute approximate surface area is 107 Å². The zero-order valence-electron chi connectivity index (χ0n) is 9.71. The van der Waals surface area contributed by atoms with Gasteiger partial charge < -0.3 is 5.73 Å². The van der Waals surface area contributed by atoms with E-state index in [2.05, 4.69) is 18.7 Å². The van der Waals surface area contributed by atoms with Crippen LogP contribution in [0.1, 0.15) is 25.5 Å². The maximum absolute atomic E-state index is 6.21. The zero-order valence-corrected chi connectivity index (χ0v) is 11.2. The van der Waals surface area contributed by atoms with Gasteiger partial charge in [0.15, 0.2) is 0 Å². The number of benzene rings is 1. The number of likely N-dealkylation sites (N-methyl/N-ethyl adjacent to an activating group) is 1. The fraction of sp³-hybridized carbons (Fsp3) is 0.500. The van der Waals surface area contributed by atoms with E-state index in [1.165, 1.54) is 0 Å². The number of halogens is 2. The lowest BCUT2D eigenvalue weighted by Gasteiger charge is -2.29. The molecule has 0 spiro atoms. The van der Waals surface area contributed by atoms with Crippen molar-refractivity contribution in [3.05, 3.63) is 33.8 Å². The van der Waals surface area contributed by atoms with E-state index in [9.17, 15) is 0 Å². The van der Waals surface area contributed by atoms with Crippen LogP contribution in [0.5, 0.6) is 0 Å². The molecule has 0 bridgehead atoms. The number of hydrogen-bond donors (Lipinski definition) is 1. The molecular formula is C12H18Cl2N2. The lowest BCUT2D eigenvalue weighted by molar-refractivity contribution is 0.224. The maximum Gasteiger partial charge on any atom is 0.0640 e. The lowest BCUT2D eigenvalue weighted by atomic mass is 10.1. The predicted octanol–water partition coefficient (Wildman–Crippen LogP) is 3.34. The molecule has 1 atom stereocenters. The molecule has 4 heteroatoms. The summed E-state index contributed by atoms with van der Waals surface area (Å²) in [5.41, 5.74) is 6.85. The summed E-state index contributed by atoms with van der Waals surface area (Å²) >= 11 is 12.2. The fourth-order valence-electron chi connectivity index (χ4n) is 1.91. The van der Waals surface area contributed by atoms with Crippen LogP contribution >= 0.6 is 23.2 Å². The first-order valence-corrected chi connectivity index (χ1v) is 6.29. The third-order valence-electron chi connectivity index (χ3n) is 2.82. The summed E-state index contributed by atoms with van der Waals surface area (Å²) in [5.74, 6) is 0. The molecule has 90 valence electrons. The summed E-state index contributed by atoms with van der Waals surface area (Å²) in [6, 6.07) is 5.84. The van der Waals surface area contributed by atoms with Gasteiger partial charge in [-0.3, -0.25) is 4.90 Å². The van der Waals surface area contributed by atoms with Crippen molar-refractivity contribution in [1.82, 2.24) is 4.90 Å². The molecule has 0 amide bonds. The summed E-state index contributed by atoms with van der Waals surface area (Å²) in [6.07, 6.45) is 0. The van der Waals surface area contributed by atoms with Gasteiger partial charge >= 0.3 is 0 Å². The molecule has 0 saturated carbocycles. The van der Waals surface area contributed by atoms with E-state index in [1.807, 2.05) is 12.1 Å². The van der Waals surface area contributed by atoms with Crippen molar-refractivity contribution in [2.24, 2.45) is 5.73 Å². The molecule has 0 heterocycles. The number of nitrogens with zero attached hydrogens (tertiary/aromatic N) is 1. The van der Waals surface area contributed by atoms with Gasteiger partial charge in [-0.25, -0.2) is 0 Å². The van der Waals surface area contributed by atoms with Crippen molar-refractivity contribution in [3.8, 4) is 0 Å². The topological polar surface area (TPSA) is 29.3 Å². The molecule has 0 fully saturated rings. The Balaban J connectivity index is 3.07. The van der Waals surface area contributed by atoms with Crippen LogP contribution in [0.15, 0.2) is 18.2 Å². The van der Waals surface area contributed by atoms with Crippen LogP contribution in [-0.2, 0) is 0 Å². The Bertz CT molecular complexity index is 338. The van der Waals surface area contributed by atoms with E-state index in [0.29, 0.717) is 16.6 Å². The van der Waals surface area contributed by atoms with Crippen molar-refractivity contribution in [2.75, 3.05) is 19.6 Å². The second-order valence-electron chi connectivity index (χ2n) is 3.62. The highest BCUT2D eigenvalue weighted by molar-refractivity contribution is 6.42. The third-order valence-corrected chi connectivity index (χ3v) is 3.65. The van der Waals surface area contributed by atoms with Gasteiger partial charge in [0.05, 0.1) is 10.0 Å². The molecule has 0 unspecified atom stereocenters. The largest absolute Gasteiger partial charge is 0.329 e. The van der Waals surface area contributed by atoms with Gasteiger partial charge in [0, 0.05) is 12.6 Å². The summed E-state index contributed by atoms with van der Waals surface area (Å²) in [7, 11) is 0. The van der Waals surface area contributed by atoms with Crippen molar-refractivity contribution in [3.63, 3.8) is 0 Å². The van der Waals surface area contributed by atoms with Gasteiger partial charge in [0.2, 0.25) is 0 Å². The number of rotatable bonds is 5. The molecule has 1 rings (SSSR count). The Hall–Kier alpha value is -0.280. The van der Waals surface area contributed by atoms with Crippen LogP contribution in [0.3, 0.4) is 0 Å². The van der Waals surface area contributed by atoms with Crippen LogP contribution in [0.4, 0.5) is 0 Å². The van der Waals surface area contributed by atoms with Gasteiger partial charge in [-0.05, 0) is 24.7 Å². The Morgan fingerprint density at radius 1 is 1.25 bits per heavy atom. The highest BCUT2D eigenvalue weighted by atomic mass is 35.5. The number of hydrogen-bond acceptors (Lipinski definition) is 2. The van der Waals surface area contributed by atoms with E-state index in [1.54, 1.807) is 6.07 Å². The monoisotopic (exact) mass is 260 g/mol. The average Bonchev–Trinajstić information content (AvgIpc) is 2.30. The van der Waals surface area contributed by atoms with Crippen LogP contribution in [0.2, 0.25) is 10.0 Å². The minimum absolute atomic E-state index is 0.140. The molecule has 0 radical (unpaired) electrons. The molecule has 2 N–H and O–H groups in total. The normalized spacial score (nSPS) is 13.1. The molecule has 0 aromatic heterocycles. The first kappa shape index (κ1) is 13.8. The standard InChI is InChI=1S/C12H18Cl2N2/c1-3-16(4-2)11(8-15)9-6-5-7-10(13)12(9)14/h5-7,11H,3-4,8,15H2,1-2H3/t11-/m1/s1. The molecule has 1 aromatic rings. The smallest absolute Gasteiger partial charge is 0.0640 e. The van der Waals surface area contributed by atoms with Gasteiger partial charge in [-0.1, -0.05) is 49.2 Å². The molecule has 0 saturated heterocycles. The second kappa shape index (κ2) is 6.45. The van der Waals surface area contributed by atoms with E-state index >= 15 is 0 Å². The molecular weight excluding hydrogens is 243 g/mol. The van der Waals surface area contributed by atoms with Crippen molar-refractivity contribution >= 4 is 23.2 Å². The molecule has 16 heavy (non-hydrogen) atoms. The van der Waals surface area contributed by atoms with Crippen molar-refractivity contribution < 1.29 is 0 Å². The Kier molecular flexibility index (Phi) is 5.56. The van der Waals surface area contributed by atoms with Gasteiger partial charge in [-0.15, -0.1) is 0 Å². The first-order valence-electron chi connectivity index (χ1n) is 5.53. The fourth-order valence-corrected chi connectivity index (χ4v) is 2.35. The van der Waals surface area contributed by atoms with Gasteiger partial charge in [-0.2, -0.15) is 0 Å². The van der Waals surface area contributed by atoms with Crippen LogP contribution < -0.4 is 5.73 Å². The maximum atomic E-state index is 6.21. The summed E-state index contributed by atoms with van der Waals surface area (Å²) in [5, 5.41) is 1.20. The predicted molar refractivity (Wildman–Crippen MR) is 71.2 cm³/mol. The summed E-state index contributed by atoms with van der Waals surface area (Å²) < 4.78 is 0. The highest BCUT2D eigenvalue weighted by Gasteiger charge is 2.19. The molecule has 2 nitrogen and oxygen atoms in total. The van der Waals surface area contributed by atoms with Crippen LogP contribution in [-0.4, -0.2) is 24.5 Å². The number of nitrogens with two attached hydrogens (primary N) is 1. The summed E-state index contributed by atoms with van der Waals surface area (Å²) in [6.45, 7) is 6.67. The third kappa shape index (κ3) is 2.89. The molecule has 0 aliphatic rings. The average molecular weight is 261 g/mol. The van der Waals surface area contributed by atoms with Crippen molar-refractivity contribution in [1.29, 1.82) is 0 Å². The highest BCUT2D eigenvalue weighted by Crippen LogP contribution is 2.32. The molecule has 1 aromatic carbocycles. The summed E-state index contributed by atoms with van der Waals surface area (Å²) in [4.78, 5) is 2.28. The Morgan fingerprint density at radius 3 is 2.38 bits per heavy atom. The van der Waals surface area contributed by atoms with Crippen molar-refractivity contribution in [2.45, 2.75) is 19.9 Å². The van der Waals surface area contributed by atoms with E-state index in [4.69, 9.17) is 28.9 Å². The second-order valence-corrected chi connectivity index (χ2v) is 4.40. The quantitative estimate of drug-likeness (QED) is 0.880. The SMILES string of the molecule is CCN(CC)[C@H](CN)c1cccc(Cl)c1Cl. The van der Waals surface area contributed by atoms with Gasteiger partial charge in [0.25, 0.3) is 0 Å². The molecule has 0 aliphatic heterocycles. The van der Waals surface area contributed by atoms with Crippen LogP contribution in [0, 0.1) is 0 Å². The zero-order chi connectivity index (χ0) is 12.1. The Morgan fingerprint density at radius 2 is 1.88 bits per heavy atom. The first-order chi connectivity index (χ1) is 7.65. The van der Waals surface area contributed by atoms with E-state index < -0.39 is 0 Å². The lowest BCUT2D eigenvalue weighted by Crippen LogP contribution is -2.33. The van der Waals surface area contributed by atoms with E-state index in [-0.39, 0.29) is 6.04 Å². The van der Waals surface area contributed by atoms with E-state index in [0.717, 1.165) is 18.7 Å². The van der Waals surface area contributed by atoms with Gasteiger partial charge in [0.1, 0.15) is 0 Å². The minimum Gasteiger partial charge on any atom is -0.329 e. The van der Waals surface area contributed by atoms with Crippen LogP contribution in [0.25, 0.3) is 0 Å². The minimum atomic E-state index is 0.140.